The van der Waals surface area contributed by atoms with Gasteiger partial charge in [-0.05, 0) is 31.0 Å². The number of carbonyl (C=O) groups is 1. The molecule has 1 aliphatic heterocycles. The van der Waals surface area contributed by atoms with E-state index < -0.39 is 29.6 Å². The summed E-state index contributed by atoms with van der Waals surface area (Å²) in [7, 11) is 1.35. The number of halogens is 4. The van der Waals surface area contributed by atoms with Crippen LogP contribution in [0.5, 0.6) is 5.88 Å². The van der Waals surface area contributed by atoms with Crippen LogP contribution in [0.3, 0.4) is 0 Å². The second kappa shape index (κ2) is 7.97. The molecule has 1 amide bonds. The van der Waals surface area contributed by atoms with Crippen LogP contribution in [0, 0.1) is 5.82 Å². The summed E-state index contributed by atoms with van der Waals surface area (Å²) in [6.45, 7) is 0.552. The van der Waals surface area contributed by atoms with Crippen molar-refractivity contribution in [3.63, 3.8) is 0 Å². The number of hydrogen-bond donors (Lipinski definition) is 1. The van der Waals surface area contributed by atoms with Crippen molar-refractivity contribution < 1.29 is 27.1 Å². The number of amides is 1. The molecule has 1 N–H and O–H groups in total. The Morgan fingerprint density at radius 2 is 2.06 bits per heavy atom. The number of ether oxygens (including phenoxy) is 1. The van der Waals surface area contributed by atoms with Gasteiger partial charge in [-0.3, -0.25) is 14.5 Å². The van der Waals surface area contributed by atoms with E-state index in [4.69, 9.17) is 4.74 Å². The highest BCUT2D eigenvalue weighted by atomic mass is 19.4. The van der Waals surface area contributed by atoms with Gasteiger partial charge in [0.1, 0.15) is 5.69 Å². The molecule has 3 aromatic heterocycles. The molecule has 7 nitrogen and oxygen atoms in total. The first kappa shape index (κ1) is 20.8. The number of fused-ring (bicyclic) bond motifs is 1. The first-order valence-corrected chi connectivity index (χ1v) is 9.38. The number of rotatable bonds is 4. The molecule has 31 heavy (non-hydrogen) atoms. The predicted octanol–water partition coefficient (Wildman–Crippen LogP) is 3.77. The maximum Gasteiger partial charge on any atom is 0.433 e. The maximum absolute atomic E-state index is 14.1. The molecule has 0 radical (unpaired) electrons. The Kier molecular flexibility index (Phi) is 5.34. The van der Waals surface area contributed by atoms with Gasteiger partial charge in [0, 0.05) is 24.4 Å². The zero-order valence-corrected chi connectivity index (χ0v) is 16.3. The minimum Gasteiger partial charge on any atom is -0.481 e. The van der Waals surface area contributed by atoms with Crippen LogP contribution in [0.15, 0.2) is 36.7 Å². The standard InChI is InChI=1S/C20H17F4N5O2/c1-31-18-8-12(13(21)10-26-18)19(30)27-14-3-2-6-29-16(14)9-15(28-29)11-4-5-25-17(7-11)20(22,23)24/h4-5,7-10,14H,2-3,6H2,1H3,(H,27,30)/t14-/m0/s1. The van der Waals surface area contributed by atoms with Gasteiger partial charge in [0.15, 0.2) is 5.82 Å². The average Bonchev–Trinajstić information content (AvgIpc) is 3.19. The highest BCUT2D eigenvalue weighted by molar-refractivity contribution is 5.95. The largest absolute Gasteiger partial charge is 0.481 e. The molecule has 0 aromatic carbocycles. The van der Waals surface area contributed by atoms with Crippen molar-refractivity contribution >= 4 is 5.91 Å². The Morgan fingerprint density at radius 3 is 2.81 bits per heavy atom. The van der Waals surface area contributed by atoms with Crippen molar-refractivity contribution in [3.8, 4) is 17.1 Å². The van der Waals surface area contributed by atoms with Crippen molar-refractivity contribution in [1.29, 1.82) is 0 Å². The van der Waals surface area contributed by atoms with Crippen molar-refractivity contribution in [2.45, 2.75) is 31.6 Å². The second-order valence-corrected chi connectivity index (χ2v) is 6.98. The molecule has 0 bridgehead atoms. The molecule has 4 rings (SSSR count). The SMILES string of the molecule is COc1cc(C(=O)N[C@H]2CCCn3nc(-c4ccnc(C(F)(F)F)c4)cc32)c(F)cn1. The van der Waals surface area contributed by atoms with E-state index in [0.717, 1.165) is 18.5 Å². The van der Waals surface area contributed by atoms with Crippen LogP contribution in [-0.2, 0) is 12.7 Å². The maximum atomic E-state index is 14.1. The number of carbonyl (C=O) groups excluding carboxylic acids is 1. The number of hydrogen-bond acceptors (Lipinski definition) is 5. The lowest BCUT2D eigenvalue weighted by molar-refractivity contribution is -0.141. The summed E-state index contributed by atoms with van der Waals surface area (Å²) in [6.07, 6.45) is -1.33. The van der Waals surface area contributed by atoms with Crippen molar-refractivity contribution in [2.24, 2.45) is 0 Å². The molecule has 4 heterocycles. The fourth-order valence-electron chi connectivity index (χ4n) is 3.46. The van der Waals surface area contributed by atoms with Crippen molar-refractivity contribution in [1.82, 2.24) is 25.1 Å². The van der Waals surface area contributed by atoms with Crippen LogP contribution < -0.4 is 10.1 Å². The summed E-state index contributed by atoms with van der Waals surface area (Å²) >= 11 is 0. The summed E-state index contributed by atoms with van der Waals surface area (Å²) in [5.74, 6) is -1.34. The number of aromatic nitrogens is 4. The Hall–Kier alpha value is -3.50. The lowest BCUT2D eigenvalue weighted by Crippen LogP contribution is -2.33. The lowest BCUT2D eigenvalue weighted by atomic mass is 10.0. The van der Waals surface area contributed by atoms with Gasteiger partial charge in [-0.25, -0.2) is 9.37 Å². The predicted molar refractivity (Wildman–Crippen MR) is 101 cm³/mol. The van der Waals surface area contributed by atoms with Gasteiger partial charge in [0.2, 0.25) is 5.88 Å². The van der Waals surface area contributed by atoms with Gasteiger partial charge in [-0.15, -0.1) is 0 Å². The first-order valence-electron chi connectivity index (χ1n) is 9.38. The summed E-state index contributed by atoms with van der Waals surface area (Å²) < 4.78 is 59.6. The number of pyridine rings is 2. The molecule has 0 spiro atoms. The quantitative estimate of drug-likeness (QED) is 0.631. The first-order chi connectivity index (χ1) is 14.8. The van der Waals surface area contributed by atoms with Crippen molar-refractivity contribution in [2.75, 3.05) is 7.11 Å². The van der Waals surface area contributed by atoms with Crippen LogP contribution in [-0.4, -0.2) is 32.8 Å². The van der Waals surface area contributed by atoms with Crippen molar-refractivity contribution in [3.05, 3.63) is 59.4 Å². The van der Waals surface area contributed by atoms with E-state index in [0.29, 0.717) is 30.8 Å². The topological polar surface area (TPSA) is 81.9 Å². The number of nitrogens with zero attached hydrogens (tertiary/aromatic N) is 4. The molecular formula is C20H17F4N5O2. The molecule has 0 aliphatic carbocycles. The van der Waals surface area contributed by atoms with Crippen LogP contribution in [0.25, 0.3) is 11.3 Å². The molecule has 3 aromatic rings. The van der Waals surface area contributed by atoms with E-state index in [1.807, 2.05) is 0 Å². The number of methoxy groups -OCH3 is 1. The number of alkyl halides is 3. The van der Waals surface area contributed by atoms with Crippen LogP contribution in [0.2, 0.25) is 0 Å². The second-order valence-electron chi connectivity index (χ2n) is 6.98. The molecular weight excluding hydrogens is 418 g/mol. The Labute approximate surface area is 174 Å². The third-order valence-electron chi connectivity index (χ3n) is 4.97. The highest BCUT2D eigenvalue weighted by Crippen LogP contribution is 2.33. The third-order valence-corrected chi connectivity index (χ3v) is 4.97. The Balaban J connectivity index is 1.61. The van der Waals surface area contributed by atoms with E-state index in [9.17, 15) is 22.4 Å². The summed E-state index contributed by atoms with van der Waals surface area (Å²) in [5, 5.41) is 7.15. The molecule has 11 heteroatoms. The zero-order valence-electron chi connectivity index (χ0n) is 16.3. The molecule has 0 unspecified atom stereocenters. The zero-order chi connectivity index (χ0) is 22.2. The normalized spacial score (nSPS) is 16.0. The van der Waals surface area contributed by atoms with E-state index in [2.05, 4.69) is 20.4 Å². The van der Waals surface area contributed by atoms with E-state index >= 15 is 0 Å². The number of nitrogens with one attached hydrogen (secondary N) is 1. The van der Waals surface area contributed by atoms with Crippen LogP contribution >= 0.6 is 0 Å². The van der Waals surface area contributed by atoms with E-state index in [-0.39, 0.29) is 17.0 Å². The Bertz CT molecular complexity index is 1130. The smallest absolute Gasteiger partial charge is 0.433 e. The number of aryl methyl sites for hydroxylation is 1. The molecule has 0 saturated carbocycles. The highest BCUT2D eigenvalue weighted by Gasteiger charge is 2.33. The summed E-state index contributed by atoms with van der Waals surface area (Å²) in [4.78, 5) is 19.7. The van der Waals surface area contributed by atoms with Gasteiger partial charge >= 0.3 is 6.18 Å². The minimum atomic E-state index is -4.57. The van der Waals surface area contributed by atoms with Crippen LogP contribution in [0.4, 0.5) is 17.6 Å². The van der Waals surface area contributed by atoms with Gasteiger partial charge in [-0.1, -0.05) is 0 Å². The fourth-order valence-corrected chi connectivity index (χ4v) is 3.46. The molecule has 1 aliphatic rings. The van der Waals surface area contributed by atoms with Gasteiger partial charge in [0.05, 0.1) is 36.3 Å². The average molecular weight is 435 g/mol. The van der Waals surface area contributed by atoms with Gasteiger partial charge in [-0.2, -0.15) is 18.3 Å². The lowest BCUT2D eigenvalue weighted by Gasteiger charge is -2.24. The third kappa shape index (κ3) is 4.21. The Morgan fingerprint density at radius 1 is 1.26 bits per heavy atom. The van der Waals surface area contributed by atoms with E-state index in [1.54, 1.807) is 10.7 Å². The summed E-state index contributed by atoms with van der Waals surface area (Å²) in [5.41, 5.74) is -0.00275. The molecule has 0 fully saturated rings. The molecule has 162 valence electrons. The van der Waals surface area contributed by atoms with Gasteiger partial charge < -0.3 is 10.1 Å². The monoisotopic (exact) mass is 435 g/mol. The van der Waals surface area contributed by atoms with Gasteiger partial charge in [0.25, 0.3) is 5.91 Å². The fraction of sp³-hybridized carbons (Fsp3) is 0.300. The van der Waals surface area contributed by atoms with E-state index in [1.165, 1.54) is 19.2 Å². The van der Waals surface area contributed by atoms with Crippen LogP contribution in [0.1, 0.15) is 40.6 Å². The molecule has 0 saturated heterocycles. The molecule has 1 atom stereocenters. The minimum absolute atomic E-state index is 0.0979. The summed E-state index contributed by atoms with van der Waals surface area (Å²) in [6, 6.07) is 4.72.